The standard InChI is InChI=1S/C24H34O/c1-23(2,3)15-19-9-7-11-21(13-19)17-25-18-22-12-8-10-20(14-22)16-24(4,5)6/h7-14H,15-18H2,1-6H3. The highest BCUT2D eigenvalue weighted by atomic mass is 16.5. The van der Waals surface area contributed by atoms with Gasteiger partial charge >= 0.3 is 0 Å². The minimum atomic E-state index is 0.312. The summed E-state index contributed by atoms with van der Waals surface area (Å²) in [6, 6.07) is 17.6. The van der Waals surface area contributed by atoms with Gasteiger partial charge in [0.1, 0.15) is 0 Å². The third-order valence-corrected chi connectivity index (χ3v) is 3.99. The largest absolute Gasteiger partial charge is 0.372 e. The highest BCUT2D eigenvalue weighted by Crippen LogP contribution is 2.22. The molecule has 0 fully saturated rings. The molecule has 0 radical (unpaired) electrons. The van der Waals surface area contributed by atoms with Crippen LogP contribution in [0.25, 0.3) is 0 Å². The van der Waals surface area contributed by atoms with Crippen molar-refractivity contribution in [1.82, 2.24) is 0 Å². The molecule has 136 valence electrons. The molecule has 0 atom stereocenters. The van der Waals surface area contributed by atoms with Gasteiger partial charge in [0.25, 0.3) is 0 Å². The van der Waals surface area contributed by atoms with Crippen molar-refractivity contribution in [3.05, 3.63) is 70.8 Å². The maximum atomic E-state index is 5.98. The Kier molecular flexibility index (Phi) is 6.46. The Morgan fingerprint density at radius 3 is 1.32 bits per heavy atom. The molecular formula is C24H34O. The van der Waals surface area contributed by atoms with Crippen molar-refractivity contribution in [1.29, 1.82) is 0 Å². The van der Waals surface area contributed by atoms with Gasteiger partial charge in [-0.3, -0.25) is 0 Å². The molecule has 0 aromatic heterocycles. The summed E-state index contributed by atoms with van der Waals surface area (Å²) >= 11 is 0. The van der Waals surface area contributed by atoms with Gasteiger partial charge in [-0.15, -0.1) is 0 Å². The summed E-state index contributed by atoms with van der Waals surface area (Å²) in [4.78, 5) is 0. The van der Waals surface area contributed by atoms with Gasteiger partial charge in [0, 0.05) is 0 Å². The third-order valence-electron chi connectivity index (χ3n) is 3.99. The smallest absolute Gasteiger partial charge is 0.0721 e. The lowest BCUT2D eigenvalue weighted by atomic mass is 9.88. The highest BCUT2D eigenvalue weighted by molar-refractivity contribution is 5.25. The molecule has 0 N–H and O–H groups in total. The summed E-state index contributed by atoms with van der Waals surface area (Å²) in [7, 11) is 0. The Bertz CT molecular complexity index is 611. The second-order valence-electron chi connectivity index (χ2n) is 9.61. The fraction of sp³-hybridized carbons (Fsp3) is 0.500. The number of benzene rings is 2. The fourth-order valence-corrected chi connectivity index (χ4v) is 3.17. The zero-order valence-electron chi connectivity index (χ0n) is 16.9. The maximum absolute atomic E-state index is 5.98. The summed E-state index contributed by atoms with van der Waals surface area (Å²) in [5.74, 6) is 0. The van der Waals surface area contributed by atoms with E-state index in [2.05, 4.69) is 90.1 Å². The Labute approximate surface area is 154 Å². The number of hydrogen-bond donors (Lipinski definition) is 0. The normalized spacial score (nSPS) is 12.4. The van der Waals surface area contributed by atoms with Gasteiger partial charge in [-0.05, 0) is 45.9 Å². The molecule has 0 amide bonds. The van der Waals surface area contributed by atoms with Crippen molar-refractivity contribution in [3.63, 3.8) is 0 Å². The van der Waals surface area contributed by atoms with Crippen LogP contribution < -0.4 is 0 Å². The lowest BCUT2D eigenvalue weighted by molar-refractivity contribution is 0.107. The predicted molar refractivity (Wildman–Crippen MR) is 108 cm³/mol. The van der Waals surface area contributed by atoms with Crippen LogP contribution in [0.2, 0.25) is 0 Å². The summed E-state index contributed by atoms with van der Waals surface area (Å²) in [5.41, 5.74) is 5.92. The molecule has 0 heterocycles. The van der Waals surface area contributed by atoms with Gasteiger partial charge in [-0.1, -0.05) is 90.1 Å². The van der Waals surface area contributed by atoms with Crippen LogP contribution in [-0.4, -0.2) is 0 Å². The lowest BCUT2D eigenvalue weighted by Gasteiger charge is -2.19. The number of hydrogen-bond acceptors (Lipinski definition) is 1. The zero-order chi connectivity index (χ0) is 18.5. The topological polar surface area (TPSA) is 9.23 Å². The van der Waals surface area contributed by atoms with Gasteiger partial charge in [0.05, 0.1) is 13.2 Å². The Balaban J connectivity index is 1.91. The number of rotatable bonds is 6. The first-order valence-electron chi connectivity index (χ1n) is 9.34. The van der Waals surface area contributed by atoms with E-state index in [1.165, 1.54) is 22.3 Å². The minimum absolute atomic E-state index is 0.312. The van der Waals surface area contributed by atoms with Crippen LogP contribution in [0.15, 0.2) is 48.5 Å². The van der Waals surface area contributed by atoms with Crippen LogP contribution in [-0.2, 0) is 30.8 Å². The predicted octanol–water partition coefficient (Wildman–Crippen LogP) is 6.58. The van der Waals surface area contributed by atoms with Crippen LogP contribution in [0.5, 0.6) is 0 Å². The molecule has 1 nitrogen and oxygen atoms in total. The molecule has 25 heavy (non-hydrogen) atoms. The summed E-state index contributed by atoms with van der Waals surface area (Å²) in [6.45, 7) is 15.0. The molecule has 0 spiro atoms. The van der Waals surface area contributed by atoms with Crippen molar-refractivity contribution >= 4 is 0 Å². The van der Waals surface area contributed by atoms with E-state index in [9.17, 15) is 0 Å². The van der Waals surface area contributed by atoms with E-state index in [0.29, 0.717) is 24.0 Å². The molecule has 0 bridgehead atoms. The second kappa shape index (κ2) is 8.19. The monoisotopic (exact) mass is 338 g/mol. The van der Waals surface area contributed by atoms with Gasteiger partial charge in [0.15, 0.2) is 0 Å². The first-order chi connectivity index (χ1) is 11.6. The average molecular weight is 339 g/mol. The SMILES string of the molecule is CC(C)(C)Cc1cccc(COCc2cccc(CC(C)(C)C)c2)c1. The van der Waals surface area contributed by atoms with Crippen molar-refractivity contribution in [3.8, 4) is 0 Å². The molecule has 2 rings (SSSR count). The molecule has 0 aliphatic rings. The summed E-state index contributed by atoms with van der Waals surface area (Å²) < 4.78 is 5.98. The van der Waals surface area contributed by atoms with E-state index in [-0.39, 0.29) is 0 Å². The van der Waals surface area contributed by atoms with Crippen molar-refractivity contribution in [2.24, 2.45) is 10.8 Å². The van der Waals surface area contributed by atoms with Crippen LogP contribution in [0.3, 0.4) is 0 Å². The van der Waals surface area contributed by atoms with Gasteiger partial charge in [-0.2, -0.15) is 0 Å². The van der Waals surface area contributed by atoms with E-state index in [1.807, 2.05) is 0 Å². The Morgan fingerprint density at radius 1 is 0.600 bits per heavy atom. The molecule has 1 heteroatoms. The first-order valence-corrected chi connectivity index (χ1v) is 9.34. The minimum Gasteiger partial charge on any atom is -0.372 e. The molecule has 2 aromatic carbocycles. The first kappa shape index (κ1) is 19.7. The molecule has 0 aliphatic heterocycles. The zero-order valence-corrected chi connectivity index (χ0v) is 16.9. The van der Waals surface area contributed by atoms with E-state index in [1.54, 1.807) is 0 Å². The van der Waals surface area contributed by atoms with Crippen molar-refractivity contribution in [2.75, 3.05) is 0 Å². The summed E-state index contributed by atoms with van der Waals surface area (Å²) in [5, 5.41) is 0. The molecule has 0 saturated carbocycles. The molecule has 0 unspecified atom stereocenters. The average Bonchev–Trinajstić information content (AvgIpc) is 2.44. The molecule has 0 aliphatic carbocycles. The third kappa shape index (κ3) is 7.88. The quantitative estimate of drug-likeness (QED) is 0.578. The van der Waals surface area contributed by atoms with E-state index >= 15 is 0 Å². The summed E-state index contributed by atoms with van der Waals surface area (Å²) in [6.07, 6.45) is 2.19. The Morgan fingerprint density at radius 2 is 0.960 bits per heavy atom. The van der Waals surface area contributed by atoms with Gasteiger partial charge < -0.3 is 4.74 Å². The second-order valence-corrected chi connectivity index (χ2v) is 9.61. The van der Waals surface area contributed by atoms with E-state index in [0.717, 1.165) is 12.8 Å². The number of ether oxygens (including phenoxy) is 1. The van der Waals surface area contributed by atoms with Crippen molar-refractivity contribution in [2.45, 2.75) is 67.6 Å². The van der Waals surface area contributed by atoms with Crippen LogP contribution in [0.4, 0.5) is 0 Å². The van der Waals surface area contributed by atoms with E-state index in [4.69, 9.17) is 4.74 Å². The maximum Gasteiger partial charge on any atom is 0.0721 e. The Hall–Kier alpha value is -1.60. The molecule has 2 aromatic rings. The highest BCUT2D eigenvalue weighted by Gasteiger charge is 2.12. The molecular weight excluding hydrogens is 304 g/mol. The lowest BCUT2D eigenvalue weighted by Crippen LogP contribution is -2.09. The van der Waals surface area contributed by atoms with Crippen LogP contribution >= 0.6 is 0 Å². The van der Waals surface area contributed by atoms with Crippen LogP contribution in [0, 0.1) is 10.8 Å². The van der Waals surface area contributed by atoms with Gasteiger partial charge in [0.2, 0.25) is 0 Å². The molecule has 0 saturated heterocycles. The van der Waals surface area contributed by atoms with Crippen LogP contribution in [0.1, 0.15) is 63.8 Å². The van der Waals surface area contributed by atoms with Crippen molar-refractivity contribution < 1.29 is 4.74 Å². The van der Waals surface area contributed by atoms with Gasteiger partial charge in [-0.25, -0.2) is 0 Å². The fourth-order valence-electron chi connectivity index (χ4n) is 3.17. The van der Waals surface area contributed by atoms with E-state index < -0.39 is 0 Å².